The van der Waals surface area contributed by atoms with Crippen LogP contribution in [0.2, 0.25) is 5.02 Å². The molecule has 1 atom stereocenters. The van der Waals surface area contributed by atoms with E-state index in [1.165, 1.54) is 5.56 Å². The fourth-order valence-corrected chi connectivity index (χ4v) is 4.42. The molecule has 5 rings (SSSR count). The molecule has 1 aliphatic heterocycles. The molecule has 0 bridgehead atoms. The zero-order valence-corrected chi connectivity index (χ0v) is 18.0. The number of benzene rings is 2. The molecule has 31 heavy (non-hydrogen) atoms. The number of halogens is 1. The second-order valence-corrected chi connectivity index (χ2v) is 8.34. The maximum Gasteiger partial charge on any atom is 0.0646 e. The first-order chi connectivity index (χ1) is 15.1. The molecule has 1 aliphatic rings. The van der Waals surface area contributed by atoms with Gasteiger partial charge in [0.1, 0.15) is 0 Å². The van der Waals surface area contributed by atoms with Crippen LogP contribution in [0, 0.1) is 0 Å². The van der Waals surface area contributed by atoms with Crippen LogP contribution in [0.25, 0.3) is 27.7 Å². The van der Waals surface area contributed by atoms with E-state index in [1.807, 2.05) is 49.8 Å². The number of fused-ring (bicyclic) bond motifs is 2. The summed E-state index contributed by atoms with van der Waals surface area (Å²) in [5, 5.41) is 9.10. The number of nitrogens with two attached hydrogens (primary N) is 1. The molecule has 0 fully saturated rings. The van der Waals surface area contributed by atoms with Gasteiger partial charge >= 0.3 is 0 Å². The predicted molar refractivity (Wildman–Crippen MR) is 129 cm³/mol. The van der Waals surface area contributed by atoms with Crippen LogP contribution in [0.5, 0.6) is 0 Å². The number of hydrogen-bond acceptors (Lipinski definition) is 4. The fraction of sp³-hybridized carbons (Fsp3) is 0.160. The van der Waals surface area contributed by atoms with Crippen LogP contribution in [0.1, 0.15) is 30.5 Å². The fourth-order valence-electron chi connectivity index (χ4n) is 4.30. The lowest BCUT2D eigenvalue weighted by Crippen LogP contribution is -2.16. The zero-order valence-electron chi connectivity index (χ0n) is 17.2. The van der Waals surface area contributed by atoms with E-state index in [0.717, 1.165) is 62.7 Å². The molecule has 4 aromatic rings. The van der Waals surface area contributed by atoms with Crippen LogP contribution >= 0.6 is 11.6 Å². The molecular formula is C25H24ClN5. The molecular weight excluding hydrogens is 406 g/mol. The Bertz CT molecular complexity index is 1270. The highest BCUT2D eigenvalue weighted by Gasteiger charge is 2.23. The summed E-state index contributed by atoms with van der Waals surface area (Å²) in [5.74, 6) is 0. The highest BCUT2D eigenvalue weighted by molar-refractivity contribution is 6.30. The molecule has 0 spiro atoms. The summed E-state index contributed by atoms with van der Waals surface area (Å²) >= 11 is 6.08. The minimum atomic E-state index is 0.124. The van der Waals surface area contributed by atoms with Crippen molar-refractivity contribution in [1.29, 1.82) is 0 Å². The van der Waals surface area contributed by atoms with E-state index in [-0.39, 0.29) is 6.04 Å². The lowest BCUT2D eigenvalue weighted by atomic mass is 9.92. The van der Waals surface area contributed by atoms with Gasteiger partial charge in [-0.3, -0.25) is 4.98 Å². The van der Waals surface area contributed by atoms with Crippen LogP contribution in [0.3, 0.4) is 0 Å². The summed E-state index contributed by atoms with van der Waals surface area (Å²) in [5.41, 5.74) is 14.7. The number of allylic oxidation sites excluding steroid dienone is 1. The first-order valence-corrected chi connectivity index (χ1v) is 10.8. The van der Waals surface area contributed by atoms with Crippen molar-refractivity contribution in [3.63, 3.8) is 0 Å². The van der Waals surface area contributed by atoms with Gasteiger partial charge in [-0.2, -0.15) is 0 Å². The maximum atomic E-state index is 6.24. The maximum absolute atomic E-state index is 6.24. The van der Waals surface area contributed by atoms with Gasteiger partial charge in [0.25, 0.3) is 0 Å². The van der Waals surface area contributed by atoms with Crippen molar-refractivity contribution in [3.05, 3.63) is 89.0 Å². The summed E-state index contributed by atoms with van der Waals surface area (Å²) in [6.07, 6.45) is 6.66. The van der Waals surface area contributed by atoms with Gasteiger partial charge in [0, 0.05) is 51.9 Å². The number of pyridine rings is 1. The third-order valence-electron chi connectivity index (χ3n) is 5.80. The van der Waals surface area contributed by atoms with Gasteiger partial charge in [-0.05, 0) is 60.9 Å². The van der Waals surface area contributed by atoms with Gasteiger partial charge < -0.3 is 21.4 Å². The van der Waals surface area contributed by atoms with E-state index in [2.05, 4.69) is 44.9 Å². The van der Waals surface area contributed by atoms with Crippen LogP contribution in [-0.4, -0.2) is 16.5 Å². The monoisotopic (exact) mass is 429 g/mol. The number of nitrogens with one attached hydrogen (secondary N) is 3. The standard InChI is InChI=1S/C25H24ClN5/c1-15(27)25-20-7-2-16(22-13-28-14-24-19(22)8-10-29-24)12-21(20)23(9-11-30-25)31-18-5-3-17(26)4-6-18/h2-8,10,12-14,23,29-31H,9,11,27H2,1H3/b25-15-. The molecule has 5 nitrogen and oxygen atoms in total. The molecule has 6 heteroatoms. The van der Waals surface area contributed by atoms with Crippen molar-refractivity contribution in [2.45, 2.75) is 19.4 Å². The van der Waals surface area contributed by atoms with Crippen molar-refractivity contribution in [2.24, 2.45) is 5.73 Å². The molecule has 5 N–H and O–H groups in total. The molecule has 2 aromatic heterocycles. The van der Waals surface area contributed by atoms with Gasteiger partial charge in [0.05, 0.1) is 23.5 Å². The van der Waals surface area contributed by atoms with Crippen molar-refractivity contribution in [2.75, 3.05) is 11.9 Å². The average Bonchev–Trinajstić information content (AvgIpc) is 3.18. The smallest absolute Gasteiger partial charge is 0.0646 e. The third kappa shape index (κ3) is 3.73. The Morgan fingerprint density at radius 1 is 1.10 bits per heavy atom. The quantitative estimate of drug-likeness (QED) is 0.338. The Balaban J connectivity index is 1.64. The molecule has 0 saturated carbocycles. The van der Waals surface area contributed by atoms with E-state index in [4.69, 9.17) is 17.3 Å². The number of aromatic nitrogens is 2. The zero-order chi connectivity index (χ0) is 21.4. The molecule has 0 radical (unpaired) electrons. The van der Waals surface area contributed by atoms with Crippen molar-refractivity contribution in [1.82, 2.24) is 15.3 Å². The number of rotatable bonds is 3. The lowest BCUT2D eigenvalue weighted by Gasteiger charge is -2.22. The number of hydrogen-bond donors (Lipinski definition) is 4. The predicted octanol–water partition coefficient (Wildman–Crippen LogP) is 5.68. The summed E-state index contributed by atoms with van der Waals surface area (Å²) in [7, 11) is 0. The van der Waals surface area contributed by atoms with Crippen molar-refractivity contribution >= 4 is 33.9 Å². The van der Waals surface area contributed by atoms with Gasteiger partial charge in [0.15, 0.2) is 0 Å². The van der Waals surface area contributed by atoms with Crippen LogP contribution in [0.4, 0.5) is 5.69 Å². The molecule has 2 aromatic carbocycles. The van der Waals surface area contributed by atoms with Gasteiger partial charge in [-0.15, -0.1) is 0 Å². The summed E-state index contributed by atoms with van der Waals surface area (Å²) in [4.78, 5) is 7.68. The topological polar surface area (TPSA) is 78.8 Å². The van der Waals surface area contributed by atoms with Crippen LogP contribution < -0.4 is 16.4 Å². The molecule has 156 valence electrons. The largest absolute Gasteiger partial charge is 0.401 e. The summed E-state index contributed by atoms with van der Waals surface area (Å²) < 4.78 is 0. The number of aromatic amines is 1. The molecule has 3 heterocycles. The minimum Gasteiger partial charge on any atom is -0.401 e. The minimum absolute atomic E-state index is 0.124. The van der Waals surface area contributed by atoms with Crippen molar-refractivity contribution in [3.8, 4) is 11.1 Å². The third-order valence-corrected chi connectivity index (χ3v) is 6.05. The molecule has 1 unspecified atom stereocenters. The first kappa shape index (κ1) is 19.5. The highest BCUT2D eigenvalue weighted by atomic mass is 35.5. The Kier molecular flexibility index (Phi) is 5.04. The average molecular weight is 430 g/mol. The van der Waals surface area contributed by atoms with Gasteiger partial charge in [0.2, 0.25) is 0 Å². The van der Waals surface area contributed by atoms with Crippen LogP contribution in [0.15, 0.2) is 72.8 Å². The SMILES string of the molecule is C/C(N)=C1/NCCC(Nc2ccc(Cl)cc2)c2cc(-c3cncc4[nH]ccc34)ccc21. The van der Waals surface area contributed by atoms with E-state index in [1.54, 1.807) is 0 Å². The number of H-pyrrole nitrogens is 1. The second kappa shape index (κ2) is 8.00. The van der Waals surface area contributed by atoms with E-state index in [9.17, 15) is 0 Å². The van der Waals surface area contributed by atoms with Crippen LogP contribution in [-0.2, 0) is 0 Å². The highest BCUT2D eigenvalue weighted by Crippen LogP contribution is 2.36. The van der Waals surface area contributed by atoms with E-state index >= 15 is 0 Å². The molecule has 0 saturated heterocycles. The lowest BCUT2D eigenvalue weighted by molar-refractivity contribution is 0.683. The van der Waals surface area contributed by atoms with Crippen molar-refractivity contribution < 1.29 is 0 Å². The molecule has 0 aliphatic carbocycles. The summed E-state index contributed by atoms with van der Waals surface area (Å²) in [6.45, 7) is 2.77. The molecule has 0 amide bonds. The van der Waals surface area contributed by atoms with Gasteiger partial charge in [-0.25, -0.2) is 0 Å². The van der Waals surface area contributed by atoms with E-state index < -0.39 is 0 Å². The Hall–Kier alpha value is -3.44. The normalized spacial score (nSPS) is 17.5. The second-order valence-electron chi connectivity index (χ2n) is 7.91. The Morgan fingerprint density at radius 2 is 1.94 bits per heavy atom. The Morgan fingerprint density at radius 3 is 2.74 bits per heavy atom. The summed E-state index contributed by atoms with van der Waals surface area (Å²) in [6, 6.07) is 16.6. The van der Waals surface area contributed by atoms with E-state index in [0.29, 0.717) is 0 Å². The first-order valence-electron chi connectivity index (χ1n) is 10.4. The number of anilines is 1. The van der Waals surface area contributed by atoms with Gasteiger partial charge in [-0.1, -0.05) is 23.7 Å². The Labute approximate surface area is 186 Å². The number of nitrogens with zero attached hydrogens (tertiary/aromatic N) is 1.